The molecule has 1 aliphatic heterocycles. The van der Waals surface area contributed by atoms with E-state index in [-0.39, 0.29) is 6.10 Å². The molecule has 1 atom stereocenters. The first kappa shape index (κ1) is 12.1. The first-order chi connectivity index (χ1) is 8.46. The molecule has 3 rings (SSSR count). The average molecular weight is 312 g/mol. The van der Waals surface area contributed by atoms with Gasteiger partial charge in [0, 0.05) is 10.7 Å². The van der Waals surface area contributed by atoms with Crippen molar-refractivity contribution in [3.63, 3.8) is 0 Å². The number of pyridine rings is 1. The number of nitrogens with zero attached hydrogens (tertiary/aromatic N) is 2. The number of nitrogens with one attached hydrogen (secondary N) is 1. The maximum atomic E-state index is 5.78. The molecule has 3 heterocycles. The Balaban J connectivity index is 2.02. The summed E-state index contributed by atoms with van der Waals surface area (Å²) in [6.07, 6.45) is 1.60. The van der Waals surface area contributed by atoms with Gasteiger partial charge in [-0.1, -0.05) is 0 Å². The molecular weight excluding hydrogens is 298 g/mol. The summed E-state index contributed by atoms with van der Waals surface area (Å²) in [5.74, 6) is 0.219. The summed E-state index contributed by atoms with van der Waals surface area (Å²) in [4.78, 5) is 12.0. The van der Waals surface area contributed by atoms with Crippen LogP contribution >= 0.6 is 15.9 Å². The van der Waals surface area contributed by atoms with Crippen molar-refractivity contribution in [1.82, 2.24) is 15.0 Å². The number of halogens is 1. The third kappa shape index (κ3) is 1.94. The summed E-state index contributed by atoms with van der Waals surface area (Å²) in [6, 6.07) is 0. The molecule has 6 heteroatoms. The van der Waals surface area contributed by atoms with Gasteiger partial charge in [0.25, 0.3) is 0 Å². The predicted molar refractivity (Wildman–Crippen MR) is 70.2 cm³/mol. The summed E-state index contributed by atoms with van der Waals surface area (Å²) < 4.78 is 12.3. The van der Waals surface area contributed by atoms with Gasteiger partial charge >= 0.3 is 0 Å². The summed E-state index contributed by atoms with van der Waals surface area (Å²) in [7, 11) is 0. The molecule has 1 fully saturated rings. The van der Waals surface area contributed by atoms with Crippen LogP contribution in [-0.4, -0.2) is 27.3 Å². The Morgan fingerprint density at radius 2 is 2.28 bits per heavy atom. The number of aromatic amines is 1. The van der Waals surface area contributed by atoms with Crippen molar-refractivity contribution in [1.29, 1.82) is 0 Å². The Bertz CT molecular complexity index is 609. The lowest BCUT2D eigenvalue weighted by molar-refractivity contribution is -0.139. The number of aryl methyl sites for hydroxylation is 1. The molecule has 0 aromatic carbocycles. The number of H-pyrrole nitrogens is 1. The normalized spacial score (nSPS) is 22.8. The van der Waals surface area contributed by atoms with Gasteiger partial charge in [0.05, 0.1) is 12.1 Å². The molecule has 0 aliphatic carbocycles. The molecule has 0 saturated carbocycles. The molecule has 2 aromatic heterocycles. The van der Waals surface area contributed by atoms with Crippen LogP contribution in [0.15, 0.2) is 10.7 Å². The topological polar surface area (TPSA) is 60.0 Å². The van der Waals surface area contributed by atoms with Crippen LogP contribution in [-0.2, 0) is 9.47 Å². The molecule has 1 saturated heterocycles. The van der Waals surface area contributed by atoms with E-state index in [1.54, 1.807) is 6.20 Å². The highest BCUT2D eigenvalue weighted by molar-refractivity contribution is 9.10. The molecule has 1 aliphatic rings. The quantitative estimate of drug-likeness (QED) is 0.879. The molecular formula is C12H14BrN3O2. The molecule has 1 N–H and O–H groups in total. The fourth-order valence-corrected chi connectivity index (χ4v) is 2.35. The van der Waals surface area contributed by atoms with E-state index in [0.29, 0.717) is 12.3 Å². The number of hydrogen-bond donors (Lipinski definition) is 1. The van der Waals surface area contributed by atoms with E-state index in [4.69, 9.17) is 9.47 Å². The van der Waals surface area contributed by atoms with Crippen LogP contribution in [0.1, 0.15) is 31.3 Å². The molecule has 0 spiro atoms. The predicted octanol–water partition coefficient (Wildman–Crippen LogP) is 2.85. The number of imidazole rings is 1. The van der Waals surface area contributed by atoms with Gasteiger partial charge in [-0.15, -0.1) is 0 Å². The van der Waals surface area contributed by atoms with Crippen molar-refractivity contribution in [2.24, 2.45) is 0 Å². The Kier molecular flexibility index (Phi) is 2.69. The van der Waals surface area contributed by atoms with Gasteiger partial charge in [0.2, 0.25) is 0 Å². The van der Waals surface area contributed by atoms with Crippen molar-refractivity contribution in [2.75, 3.05) is 6.61 Å². The lowest BCUT2D eigenvalue weighted by Crippen LogP contribution is -2.19. The largest absolute Gasteiger partial charge is 0.347 e. The zero-order valence-electron chi connectivity index (χ0n) is 10.5. The van der Waals surface area contributed by atoms with Crippen molar-refractivity contribution in [3.05, 3.63) is 22.1 Å². The van der Waals surface area contributed by atoms with E-state index in [2.05, 4.69) is 30.9 Å². The lowest BCUT2D eigenvalue weighted by Gasteiger charge is -2.15. The molecule has 1 unspecified atom stereocenters. The van der Waals surface area contributed by atoms with E-state index < -0.39 is 5.79 Å². The maximum Gasteiger partial charge on any atom is 0.178 e. The van der Waals surface area contributed by atoms with Gasteiger partial charge < -0.3 is 14.5 Å². The smallest absolute Gasteiger partial charge is 0.178 e. The van der Waals surface area contributed by atoms with Gasteiger partial charge in [-0.3, -0.25) is 0 Å². The zero-order valence-corrected chi connectivity index (χ0v) is 12.0. The highest BCUT2D eigenvalue weighted by Crippen LogP contribution is 2.32. The van der Waals surface area contributed by atoms with Crippen molar-refractivity contribution in [3.8, 4) is 0 Å². The standard InChI is InChI=1S/C12H14BrN3O2/c1-6-7(13)4-14-11-9(6)15-10(16-11)8-5-17-12(2,3)18-8/h4,8H,5H2,1-3H3,(H,14,15,16). The molecule has 5 nitrogen and oxygen atoms in total. The highest BCUT2D eigenvalue weighted by Gasteiger charge is 2.35. The highest BCUT2D eigenvalue weighted by atomic mass is 79.9. The number of hydrogen-bond acceptors (Lipinski definition) is 4. The van der Waals surface area contributed by atoms with Crippen LogP contribution in [0.2, 0.25) is 0 Å². The second-order valence-corrected chi connectivity index (χ2v) is 5.72. The number of aromatic nitrogens is 3. The minimum absolute atomic E-state index is 0.160. The van der Waals surface area contributed by atoms with Gasteiger partial charge in [0.15, 0.2) is 11.4 Å². The SMILES string of the molecule is Cc1c(Br)cnc2nc(C3COC(C)(C)O3)[nH]c12. The molecule has 96 valence electrons. The summed E-state index contributed by atoms with van der Waals surface area (Å²) in [5.41, 5.74) is 2.74. The molecule has 2 aromatic rings. The van der Waals surface area contributed by atoms with Gasteiger partial charge in [0.1, 0.15) is 11.9 Å². The Hall–Kier alpha value is -0.980. The van der Waals surface area contributed by atoms with Crippen LogP contribution in [0.3, 0.4) is 0 Å². The second kappa shape index (κ2) is 4.01. The molecule has 0 amide bonds. The Morgan fingerprint density at radius 1 is 1.50 bits per heavy atom. The van der Waals surface area contributed by atoms with Crippen LogP contribution in [0.25, 0.3) is 11.2 Å². The summed E-state index contributed by atoms with van der Waals surface area (Å²) >= 11 is 3.46. The summed E-state index contributed by atoms with van der Waals surface area (Å²) in [5, 5.41) is 0. The number of ether oxygens (including phenoxy) is 2. The van der Waals surface area contributed by atoms with Gasteiger partial charge in [-0.25, -0.2) is 9.97 Å². The van der Waals surface area contributed by atoms with E-state index in [0.717, 1.165) is 21.4 Å². The lowest BCUT2D eigenvalue weighted by atomic mass is 10.3. The third-order valence-corrected chi connectivity index (χ3v) is 3.85. The van der Waals surface area contributed by atoms with Crippen molar-refractivity contribution < 1.29 is 9.47 Å². The van der Waals surface area contributed by atoms with Crippen LogP contribution in [0.5, 0.6) is 0 Å². The Labute approximate surface area is 113 Å². The van der Waals surface area contributed by atoms with Crippen LogP contribution in [0, 0.1) is 6.92 Å². The fraction of sp³-hybridized carbons (Fsp3) is 0.500. The van der Waals surface area contributed by atoms with E-state index >= 15 is 0 Å². The fourth-order valence-electron chi connectivity index (χ4n) is 2.05. The molecule has 18 heavy (non-hydrogen) atoms. The third-order valence-electron chi connectivity index (χ3n) is 3.05. The Morgan fingerprint density at radius 3 is 2.94 bits per heavy atom. The van der Waals surface area contributed by atoms with E-state index in [9.17, 15) is 0 Å². The monoisotopic (exact) mass is 311 g/mol. The zero-order chi connectivity index (χ0) is 12.9. The van der Waals surface area contributed by atoms with Crippen molar-refractivity contribution >= 4 is 27.1 Å². The number of rotatable bonds is 1. The minimum Gasteiger partial charge on any atom is -0.347 e. The molecule has 0 bridgehead atoms. The minimum atomic E-state index is -0.549. The second-order valence-electron chi connectivity index (χ2n) is 4.87. The maximum absolute atomic E-state index is 5.78. The van der Waals surface area contributed by atoms with Crippen LogP contribution in [0.4, 0.5) is 0 Å². The average Bonchev–Trinajstić information content (AvgIpc) is 2.87. The van der Waals surface area contributed by atoms with Crippen molar-refractivity contribution in [2.45, 2.75) is 32.7 Å². The summed E-state index contributed by atoms with van der Waals surface area (Å²) in [6.45, 7) is 6.32. The van der Waals surface area contributed by atoms with Crippen LogP contribution < -0.4 is 0 Å². The molecule has 0 radical (unpaired) electrons. The first-order valence-corrected chi connectivity index (χ1v) is 6.58. The van der Waals surface area contributed by atoms with Gasteiger partial charge in [-0.05, 0) is 42.3 Å². The van der Waals surface area contributed by atoms with E-state index in [1.807, 2.05) is 20.8 Å². The number of fused-ring (bicyclic) bond motifs is 1. The van der Waals surface area contributed by atoms with Gasteiger partial charge in [-0.2, -0.15) is 0 Å². The first-order valence-electron chi connectivity index (χ1n) is 5.79. The van der Waals surface area contributed by atoms with E-state index in [1.165, 1.54) is 0 Å².